The average Bonchev–Trinajstić information content (AvgIpc) is 2.58. The Morgan fingerprint density at radius 3 is 2.42 bits per heavy atom. The fourth-order valence-corrected chi connectivity index (χ4v) is 4.88. The zero-order valence-corrected chi connectivity index (χ0v) is 17.4. The molecule has 2 N–H and O–H groups in total. The van der Waals surface area contributed by atoms with Gasteiger partial charge in [0.05, 0.1) is 4.90 Å². The van der Waals surface area contributed by atoms with Crippen LogP contribution in [0.4, 0.5) is 0 Å². The molecule has 0 radical (unpaired) electrons. The second-order valence-electron chi connectivity index (χ2n) is 6.70. The Bertz CT molecular complexity index is 702. The number of nitrogens with one attached hydrogen (secondary N) is 2. The third-order valence-corrected chi connectivity index (χ3v) is 6.73. The summed E-state index contributed by atoms with van der Waals surface area (Å²) in [7, 11) is -1.61. The number of nitrogens with zero attached hydrogens (tertiary/aromatic N) is 1. The molecule has 26 heavy (non-hydrogen) atoms. The van der Waals surface area contributed by atoms with Crippen LogP contribution in [0, 0.1) is 19.8 Å². The minimum atomic E-state index is -3.49. The number of hydrogen-bond acceptors (Lipinski definition) is 4. The molecule has 0 atom stereocenters. The van der Waals surface area contributed by atoms with E-state index in [2.05, 4.69) is 10.6 Å². The highest BCUT2D eigenvalue weighted by molar-refractivity contribution is 7.89. The third-order valence-electron chi connectivity index (χ3n) is 4.68. The van der Waals surface area contributed by atoms with Crippen molar-refractivity contribution in [3.05, 3.63) is 29.3 Å². The van der Waals surface area contributed by atoms with E-state index in [0.717, 1.165) is 24.1 Å². The maximum atomic E-state index is 12.9. The van der Waals surface area contributed by atoms with Gasteiger partial charge >= 0.3 is 0 Å². The lowest BCUT2D eigenvalue weighted by atomic mass is 9.97. The highest BCUT2D eigenvalue weighted by Crippen LogP contribution is 2.26. The SMILES string of the molecule is CNCCCNC(=O)C1CCN(S(=O)(=O)c2ccc(C)cc2C)CC1.Cl. The molecule has 6 nitrogen and oxygen atoms in total. The number of piperidine rings is 1. The van der Waals surface area contributed by atoms with Gasteiger partial charge in [0.1, 0.15) is 0 Å². The van der Waals surface area contributed by atoms with Gasteiger partial charge in [-0.05, 0) is 58.3 Å². The zero-order valence-electron chi connectivity index (χ0n) is 15.7. The van der Waals surface area contributed by atoms with Gasteiger partial charge in [0.15, 0.2) is 0 Å². The number of carbonyl (C=O) groups excluding carboxylic acids is 1. The predicted molar refractivity (Wildman–Crippen MR) is 106 cm³/mol. The van der Waals surface area contributed by atoms with E-state index in [1.807, 2.05) is 33.0 Å². The van der Waals surface area contributed by atoms with Crippen molar-refractivity contribution in [1.82, 2.24) is 14.9 Å². The molecule has 1 aliphatic rings. The lowest BCUT2D eigenvalue weighted by Gasteiger charge is -2.31. The number of rotatable bonds is 7. The van der Waals surface area contributed by atoms with Gasteiger partial charge in [-0.15, -0.1) is 12.4 Å². The maximum Gasteiger partial charge on any atom is 0.243 e. The zero-order chi connectivity index (χ0) is 18.4. The summed E-state index contributed by atoms with van der Waals surface area (Å²) in [4.78, 5) is 12.5. The second-order valence-corrected chi connectivity index (χ2v) is 8.60. The van der Waals surface area contributed by atoms with Crippen LogP contribution >= 0.6 is 12.4 Å². The summed E-state index contributed by atoms with van der Waals surface area (Å²) in [6.45, 7) is 6.08. The van der Waals surface area contributed by atoms with Crippen LogP contribution in [0.15, 0.2) is 23.1 Å². The molecule has 1 aromatic carbocycles. The van der Waals surface area contributed by atoms with Crippen LogP contribution in [0.25, 0.3) is 0 Å². The van der Waals surface area contributed by atoms with Crippen LogP contribution in [0.3, 0.4) is 0 Å². The molecule has 2 rings (SSSR count). The third kappa shape index (κ3) is 5.67. The molecule has 0 aromatic heterocycles. The fraction of sp³-hybridized carbons (Fsp3) is 0.611. The molecule has 1 aromatic rings. The van der Waals surface area contributed by atoms with E-state index in [1.54, 1.807) is 6.07 Å². The number of hydrogen-bond donors (Lipinski definition) is 2. The molecule has 1 saturated heterocycles. The normalized spacial score (nSPS) is 16.1. The first-order valence-electron chi connectivity index (χ1n) is 8.86. The number of carbonyl (C=O) groups is 1. The predicted octanol–water partition coefficient (Wildman–Crippen LogP) is 1.85. The Morgan fingerprint density at radius 1 is 1.19 bits per heavy atom. The van der Waals surface area contributed by atoms with Gasteiger partial charge in [-0.25, -0.2) is 8.42 Å². The molecule has 1 amide bonds. The summed E-state index contributed by atoms with van der Waals surface area (Å²) in [6, 6.07) is 5.39. The van der Waals surface area contributed by atoms with Crippen LogP contribution in [-0.4, -0.2) is 51.9 Å². The number of halogens is 1. The number of sulfonamides is 1. The smallest absolute Gasteiger partial charge is 0.243 e. The van der Waals surface area contributed by atoms with E-state index in [-0.39, 0.29) is 24.2 Å². The van der Waals surface area contributed by atoms with E-state index in [4.69, 9.17) is 0 Å². The highest BCUT2D eigenvalue weighted by atomic mass is 35.5. The lowest BCUT2D eigenvalue weighted by molar-refractivity contribution is -0.126. The summed E-state index contributed by atoms with van der Waals surface area (Å²) >= 11 is 0. The van der Waals surface area contributed by atoms with Crippen molar-refractivity contribution in [2.45, 2.75) is 38.0 Å². The molecular weight excluding hydrogens is 374 g/mol. The molecule has 0 saturated carbocycles. The summed E-state index contributed by atoms with van der Waals surface area (Å²) in [5, 5.41) is 5.98. The minimum Gasteiger partial charge on any atom is -0.356 e. The van der Waals surface area contributed by atoms with E-state index >= 15 is 0 Å². The first-order chi connectivity index (χ1) is 11.9. The van der Waals surface area contributed by atoms with Crippen molar-refractivity contribution >= 4 is 28.3 Å². The van der Waals surface area contributed by atoms with Gasteiger partial charge in [-0.1, -0.05) is 17.7 Å². The monoisotopic (exact) mass is 403 g/mol. The van der Waals surface area contributed by atoms with E-state index in [1.165, 1.54) is 4.31 Å². The van der Waals surface area contributed by atoms with Crippen molar-refractivity contribution < 1.29 is 13.2 Å². The molecule has 1 fully saturated rings. The van der Waals surface area contributed by atoms with Crippen molar-refractivity contribution in [1.29, 1.82) is 0 Å². The first-order valence-corrected chi connectivity index (χ1v) is 10.3. The summed E-state index contributed by atoms with van der Waals surface area (Å²) in [5.74, 6) is -0.0557. The average molecular weight is 404 g/mol. The molecule has 0 spiro atoms. The fourth-order valence-electron chi connectivity index (χ4n) is 3.21. The largest absolute Gasteiger partial charge is 0.356 e. The van der Waals surface area contributed by atoms with Crippen molar-refractivity contribution in [2.24, 2.45) is 5.92 Å². The maximum absolute atomic E-state index is 12.9. The van der Waals surface area contributed by atoms with Gasteiger partial charge in [0.2, 0.25) is 15.9 Å². The molecular formula is C18H30ClN3O3S. The number of amides is 1. The van der Waals surface area contributed by atoms with E-state index in [9.17, 15) is 13.2 Å². The topological polar surface area (TPSA) is 78.5 Å². The van der Waals surface area contributed by atoms with Crippen LogP contribution in [0.2, 0.25) is 0 Å². The number of benzene rings is 1. The van der Waals surface area contributed by atoms with Crippen molar-refractivity contribution in [2.75, 3.05) is 33.2 Å². The van der Waals surface area contributed by atoms with Gasteiger partial charge in [-0.2, -0.15) is 4.31 Å². The van der Waals surface area contributed by atoms with Gasteiger partial charge < -0.3 is 10.6 Å². The molecule has 0 aliphatic carbocycles. The quantitative estimate of drug-likeness (QED) is 0.681. The van der Waals surface area contributed by atoms with Gasteiger partial charge in [0.25, 0.3) is 0 Å². The van der Waals surface area contributed by atoms with Crippen molar-refractivity contribution in [3.63, 3.8) is 0 Å². The van der Waals surface area contributed by atoms with E-state index in [0.29, 0.717) is 37.4 Å². The van der Waals surface area contributed by atoms with Crippen LogP contribution in [-0.2, 0) is 14.8 Å². The Balaban J connectivity index is 0.00000338. The Morgan fingerprint density at radius 2 is 1.85 bits per heavy atom. The lowest BCUT2D eigenvalue weighted by Crippen LogP contribution is -2.43. The Kier molecular flexibility index (Phi) is 9.03. The van der Waals surface area contributed by atoms with Crippen LogP contribution < -0.4 is 10.6 Å². The molecule has 0 unspecified atom stereocenters. The molecule has 148 valence electrons. The summed E-state index contributed by atoms with van der Waals surface area (Å²) in [5.41, 5.74) is 1.81. The molecule has 0 bridgehead atoms. The summed E-state index contributed by atoms with van der Waals surface area (Å²) in [6.07, 6.45) is 2.03. The Labute approximate surface area is 163 Å². The summed E-state index contributed by atoms with van der Waals surface area (Å²) < 4.78 is 27.2. The Hall–Kier alpha value is -1.15. The number of aryl methyl sites for hydroxylation is 2. The van der Waals surface area contributed by atoms with Gasteiger partial charge in [0, 0.05) is 25.6 Å². The first kappa shape index (κ1) is 22.9. The highest BCUT2D eigenvalue weighted by Gasteiger charge is 2.32. The minimum absolute atomic E-state index is 0. The van der Waals surface area contributed by atoms with Crippen molar-refractivity contribution in [3.8, 4) is 0 Å². The standard InChI is InChI=1S/C18H29N3O3S.ClH/c1-14-5-6-17(15(2)13-14)25(23,24)21-11-7-16(8-12-21)18(22)20-10-4-9-19-3;/h5-6,13,16,19H,4,7-12H2,1-3H3,(H,20,22);1H. The molecule has 1 aliphatic heterocycles. The van der Waals surface area contributed by atoms with Gasteiger partial charge in [-0.3, -0.25) is 4.79 Å². The molecule has 8 heteroatoms. The second kappa shape index (κ2) is 10.3. The van der Waals surface area contributed by atoms with Crippen LogP contribution in [0.1, 0.15) is 30.4 Å². The molecule has 1 heterocycles. The van der Waals surface area contributed by atoms with E-state index < -0.39 is 10.0 Å². The van der Waals surface area contributed by atoms with Crippen LogP contribution in [0.5, 0.6) is 0 Å².